The van der Waals surface area contributed by atoms with Crippen LogP contribution in [0.25, 0.3) is 0 Å². The minimum absolute atomic E-state index is 0.186. The van der Waals surface area contributed by atoms with Gasteiger partial charge in [0.05, 0.1) is 6.04 Å². The van der Waals surface area contributed by atoms with Gasteiger partial charge in [0.2, 0.25) is 0 Å². The molecule has 0 aliphatic heterocycles. The summed E-state index contributed by atoms with van der Waals surface area (Å²) in [6.07, 6.45) is 0. The highest BCUT2D eigenvalue weighted by atomic mass is 79.9. The predicted octanol–water partition coefficient (Wildman–Crippen LogP) is 5.25. The third kappa shape index (κ3) is 3.40. The first-order valence-corrected chi connectivity index (χ1v) is 7.64. The average Bonchev–Trinajstić information content (AvgIpc) is 2.40. The Bertz CT molecular complexity index is 615. The van der Waals surface area contributed by atoms with E-state index in [0.29, 0.717) is 10.6 Å². The lowest BCUT2D eigenvalue weighted by Crippen LogP contribution is -2.23. The molecule has 0 saturated carbocycles. The van der Waals surface area contributed by atoms with E-state index in [9.17, 15) is 4.39 Å². The van der Waals surface area contributed by atoms with Crippen LogP contribution in [0.2, 0.25) is 5.02 Å². The van der Waals surface area contributed by atoms with Gasteiger partial charge >= 0.3 is 0 Å². The molecule has 0 spiro atoms. The van der Waals surface area contributed by atoms with E-state index in [0.717, 1.165) is 22.1 Å². The smallest absolute Gasteiger partial charge is 0.129 e. The Hall–Kier alpha value is -0.900. The lowest BCUT2D eigenvalue weighted by Gasteiger charge is -2.20. The van der Waals surface area contributed by atoms with Crippen LogP contribution in [0.4, 0.5) is 4.39 Å². The van der Waals surface area contributed by atoms with E-state index in [4.69, 9.17) is 11.6 Å². The normalized spacial score (nSPS) is 12.4. The summed E-state index contributed by atoms with van der Waals surface area (Å²) < 4.78 is 15.2. The maximum absolute atomic E-state index is 14.2. The van der Waals surface area contributed by atoms with Crippen LogP contribution in [0, 0.1) is 12.7 Å². The first-order valence-electron chi connectivity index (χ1n) is 6.47. The number of nitrogens with one attached hydrogen (secondary N) is 1. The van der Waals surface area contributed by atoms with E-state index < -0.39 is 0 Å². The number of benzene rings is 2. The first-order chi connectivity index (χ1) is 9.52. The molecule has 1 unspecified atom stereocenters. The summed E-state index contributed by atoms with van der Waals surface area (Å²) in [6.45, 7) is 4.78. The molecule has 1 N–H and O–H groups in total. The Morgan fingerprint density at radius 1 is 1.25 bits per heavy atom. The van der Waals surface area contributed by atoms with Gasteiger partial charge in [0.25, 0.3) is 0 Å². The zero-order chi connectivity index (χ0) is 14.7. The Morgan fingerprint density at radius 2 is 2.00 bits per heavy atom. The minimum Gasteiger partial charge on any atom is -0.306 e. The number of hydrogen-bond acceptors (Lipinski definition) is 1. The van der Waals surface area contributed by atoms with Gasteiger partial charge in [0.1, 0.15) is 5.82 Å². The van der Waals surface area contributed by atoms with E-state index in [1.807, 2.05) is 32.0 Å². The zero-order valence-electron chi connectivity index (χ0n) is 11.4. The molecule has 2 aromatic rings. The van der Waals surface area contributed by atoms with Crippen molar-refractivity contribution in [3.05, 3.63) is 68.4 Å². The van der Waals surface area contributed by atoms with Crippen molar-refractivity contribution in [1.29, 1.82) is 0 Å². The molecular formula is C16H16BrClFN. The summed E-state index contributed by atoms with van der Waals surface area (Å²) in [5.74, 6) is -0.292. The predicted molar refractivity (Wildman–Crippen MR) is 85.8 cm³/mol. The highest BCUT2D eigenvalue weighted by Gasteiger charge is 2.17. The van der Waals surface area contributed by atoms with Crippen LogP contribution in [-0.4, -0.2) is 6.54 Å². The fraction of sp³-hybridized carbons (Fsp3) is 0.250. The molecule has 0 saturated heterocycles. The Kier molecular flexibility index (Phi) is 5.19. The van der Waals surface area contributed by atoms with Crippen LogP contribution in [-0.2, 0) is 0 Å². The number of hydrogen-bond donors (Lipinski definition) is 1. The Morgan fingerprint density at radius 3 is 2.60 bits per heavy atom. The van der Waals surface area contributed by atoms with E-state index in [-0.39, 0.29) is 11.9 Å². The van der Waals surface area contributed by atoms with Crippen LogP contribution < -0.4 is 5.32 Å². The molecule has 0 heterocycles. The second-order valence-corrected chi connectivity index (χ2v) is 5.96. The van der Waals surface area contributed by atoms with Crippen molar-refractivity contribution in [3.8, 4) is 0 Å². The van der Waals surface area contributed by atoms with Gasteiger partial charge in [-0.25, -0.2) is 4.39 Å². The maximum Gasteiger partial charge on any atom is 0.129 e. The highest BCUT2D eigenvalue weighted by molar-refractivity contribution is 9.10. The molecule has 0 aliphatic rings. The monoisotopic (exact) mass is 355 g/mol. The van der Waals surface area contributed by atoms with E-state index in [1.165, 1.54) is 6.07 Å². The lowest BCUT2D eigenvalue weighted by molar-refractivity contribution is 0.559. The summed E-state index contributed by atoms with van der Waals surface area (Å²) in [4.78, 5) is 0. The van der Waals surface area contributed by atoms with Gasteiger partial charge in [0, 0.05) is 15.1 Å². The van der Waals surface area contributed by atoms with Crippen LogP contribution in [0.5, 0.6) is 0 Å². The van der Waals surface area contributed by atoms with Crippen LogP contribution >= 0.6 is 27.5 Å². The van der Waals surface area contributed by atoms with E-state index >= 15 is 0 Å². The molecule has 1 atom stereocenters. The van der Waals surface area contributed by atoms with Crippen molar-refractivity contribution in [3.63, 3.8) is 0 Å². The minimum atomic E-state index is -0.292. The quantitative estimate of drug-likeness (QED) is 0.789. The second kappa shape index (κ2) is 6.70. The summed E-state index contributed by atoms with van der Waals surface area (Å²) in [5, 5.41) is 3.73. The SMILES string of the molecule is CCNC(c1ccc(C)c(Br)c1)c1ccc(Cl)cc1F. The van der Waals surface area contributed by atoms with Crippen molar-refractivity contribution in [1.82, 2.24) is 5.32 Å². The summed E-state index contributed by atoms with van der Waals surface area (Å²) in [7, 11) is 0. The van der Waals surface area contributed by atoms with Gasteiger partial charge in [-0.15, -0.1) is 0 Å². The molecule has 20 heavy (non-hydrogen) atoms. The van der Waals surface area contributed by atoms with Gasteiger partial charge in [-0.2, -0.15) is 0 Å². The molecule has 0 radical (unpaired) electrons. The first kappa shape index (κ1) is 15.5. The van der Waals surface area contributed by atoms with E-state index in [1.54, 1.807) is 12.1 Å². The fourth-order valence-electron chi connectivity index (χ4n) is 2.14. The standard InChI is InChI=1S/C16H16BrClFN/c1-3-20-16(11-5-4-10(2)14(17)8-11)13-7-6-12(18)9-15(13)19/h4-9,16,20H,3H2,1-2H3. The molecular weight excluding hydrogens is 341 g/mol. The molecule has 106 valence electrons. The molecule has 2 rings (SSSR count). The summed E-state index contributed by atoms with van der Waals surface area (Å²) >= 11 is 9.35. The zero-order valence-corrected chi connectivity index (χ0v) is 13.7. The molecule has 2 aromatic carbocycles. The molecule has 0 bridgehead atoms. The summed E-state index contributed by atoms with van der Waals surface area (Å²) in [5.41, 5.74) is 2.78. The average molecular weight is 357 g/mol. The van der Waals surface area contributed by atoms with Gasteiger partial charge in [-0.3, -0.25) is 0 Å². The van der Waals surface area contributed by atoms with Crippen LogP contribution in [0.15, 0.2) is 40.9 Å². The molecule has 0 aliphatic carbocycles. The van der Waals surface area contributed by atoms with Gasteiger partial charge in [0.15, 0.2) is 0 Å². The molecule has 1 nitrogen and oxygen atoms in total. The largest absolute Gasteiger partial charge is 0.306 e. The van der Waals surface area contributed by atoms with Crippen molar-refractivity contribution in [2.24, 2.45) is 0 Å². The highest BCUT2D eigenvalue weighted by Crippen LogP contribution is 2.29. The maximum atomic E-state index is 14.2. The number of aryl methyl sites for hydroxylation is 1. The topological polar surface area (TPSA) is 12.0 Å². The van der Waals surface area contributed by atoms with E-state index in [2.05, 4.69) is 21.2 Å². The van der Waals surface area contributed by atoms with Crippen LogP contribution in [0.3, 0.4) is 0 Å². The fourth-order valence-corrected chi connectivity index (χ4v) is 2.69. The summed E-state index contributed by atoms with van der Waals surface area (Å²) in [6, 6.07) is 10.7. The van der Waals surface area contributed by atoms with Crippen LogP contribution in [0.1, 0.15) is 29.7 Å². The van der Waals surface area contributed by atoms with Crippen molar-refractivity contribution < 1.29 is 4.39 Å². The molecule has 0 amide bonds. The third-order valence-electron chi connectivity index (χ3n) is 3.21. The van der Waals surface area contributed by atoms with Gasteiger partial charge in [-0.05, 0) is 42.8 Å². The lowest BCUT2D eigenvalue weighted by atomic mass is 9.97. The third-order valence-corrected chi connectivity index (χ3v) is 4.30. The van der Waals surface area contributed by atoms with Gasteiger partial charge < -0.3 is 5.32 Å². The Labute approximate surface area is 132 Å². The van der Waals surface area contributed by atoms with Crippen molar-refractivity contribution in [2.45, 2.75) is 19.9 Å². The molecule has 4 heteroatoms. The number of halogens is 3. The molecule has 0 aromatic heterocycles. The van der Waals surface area contributed by atoms with Crippen molar-refractivity contribution >= 4 is 27.5 Å². The van der Waals surface area contributed by atoms with Crippen molar-refractivity contribution in [2.75, 3.05) is 6.54 Å². The number of rotatable bonds is 4. The molecule has 0 fully saturated rings. The van der Waals surface area contributed by atoms with Gasteiger partial charge in [-0.1, -0.05) is 52.7 Å². The Balaban J connectivity index is 2.47. The second-order valence-electron chi connectivity index (χ2n) is 4.67.